The fourth-order valence-corrected chi connectivity index (χ4v) is 2.74. The Labute approximate surface area is 134 Å². The summed E-state index contributed by atoms with van der Waals surface area (Å²) in [6, 6.07) is 10.0. The molecule has 0 saturated heterocycles. The van der Waals surface area contributed by atoms with Crippen molar-refractivity contribution in [2.75, 3.05) is 25.1 Å². The Morgan fingerprint density at radius 1 is 1.32 bits per heavy atom. The molecule has 0 aliphatic heterocycles. The highest BCUT2D eigenvalue weighted by atomic mass is 32.1. The van der Waals surface area contributed by atoms with Crippen molar-refractivity contribution in [1.29, 1.82) is 0 Å². The van der Waals surface area contributed by atoms with Crippen LogP contribution in [0.5, 0.6) is 0 Å². The lowest BCUT2D eigenvalue weighted by atomic mass is 10.2. The van der Waals surface area contributed by atoms with Crippen LogP contribution in [0.2, 0.25) is 0 Å². The number of carbonyl (C=O) groups excluding carboxylic acids is 1. The lowest BCUT2D eigenvalue weighted by Crippen LogP contribution is -2.09. The van der Waals surface area contributed by atoms with E-state index in [9.17, 15) is 4.79 Å². The zero-order valence-electron chi connectivity index (χ0n) is 12.8. The highest BCUT2D eigenvalue weighted by Gasteiger charge is 2.15. The van der Waals surface area contributed by atoms with Gasteiger partial charge >= 0.3 is 5.97 Å². The molecule has 0 aliphatic rings. The van der Waals surface area contributed by atoms with Gasteiger partial charge in [0.2, 0.25) is 0 Å². The van der Waals surface area contributed by atoms with Gasteiger partial charge in [0.15, 0.2) is 5.13 Å². The summed E-state index contributed by atoms with van der Waals surface area (Å²) < 4.78 is 10.6. The molecule has 0 saturated carbocycles. The fraction of sp³-hybridized carbons (Fsp3) is 0.375. The van der Waals surface area contributed by atoms with Crippen molar-refractivity contribution in [2.24, 2.45) is 0 Å². The number of aryl methyl sites for hydroxylation is 1. The first-order valence-corrected chi connectivity index (χ1v) is 8.02. The highest BCUT2D eigenvalue weighted by Crippen LogP contribution is 2.23. The van der Waals surface area contributed by atoms with Crippen LogP contribution in [0.1, 0.15) is 27.9 Å². The van der Waals surface area contributed by atoms with Crippen molar-refractivity contribution >= 4 is 22.4 Å². The first-order chi connectivity index (χ1) is 10.7. The number of nitrogens with one attached hydrogen (secondary N) is 1. The van der Waals surface area contributed by atoms with E-state index < -0.39 is 0 Å². The van der Waals surface area contributed by atoms with E-state index in [0.29, 0.717) is 42.1 Å². The van der Waals surface area contributed by atoms with E-state index in [1.165, 1.54) is 11.3 Å². The minimum absolute atomic E-state index is 0.314. The van der Waals surface area contributed by atoms with E-state index in [4.69, 9.17) is 9.47 Å². The summed E-state index contributed by atoms with van der Waals surface area (Å²) in [7, 11) is 0. The second kappa shape index (κ2) is 8.51. The molecule has 2 aromatic rings. The molecule has 0 spiro atoms. The minimum atomic E-state index is -0.314. The van der Waals surface area contributed by atoms with Gasteiger partial charge in [-0.2, -0.15) is 0 Å². The summed E-state index contributed by atoms with van der Waals surface area (Å²) in [4.78, 5) is 16.6. The maximum Gasteiger partial charge on any atom is 0.350 e. The second-order valence-corrected chi connectivity index (χ2v) is 5.62. The number of benzene rings is 1. The Bertz CT molecular complexity index is 599. The second-order valence-electron chi connectivity index (χ2n) is 4.62. The molecule has 0 unspecified atom stereocenters. The largest absolute Gasteiger partial charge is 0.462 e. The third-order valence-electron chi connectivity index (χ3n) is 2.89. The molecule has 0 radical (unpaired) electrons. The Morgan fingerprint density at radius 2 is 2.09 bits per heavy atom. The zero-order valence-corrected chi connectivity index (χ0v) is 13.6. The van der Waals surface area contributed by atoms with Gasteiger partial charge in [-0.3, -0.25) is 0 Å². The molecule has 1 aromatic carbocycles. The van der Waals surface area contributed by atoms with E-state index in [1.54, 1.807) is 13.8 Å². The molecule has 5 nitrogen and oxygen atoms in total. The van der Waals surface area contributed by atoms with Crippen LogP contribution in [0, 0.1) is 6.92 Å². The summed E-state index contributed by atoms with van der Waals surface area (Å²) in [6.07, 6.45) is 0. The number of nitrogens with zero attached hydrogens (tertiary/aromatic N) is 1. The van der Waals surface area contributed by atoms with Gasteiger partial charge < -0.3 is 14.8 Å². The molecule has 1 aromatic heterocycles. The van der Waals surface area contributed by atoms with Crippen LogP contribution in [0.4, 0.5) is 5.13 Å². The number of hydrogen-bond donors (Lipinski definition) is 1. The maximum atomic E-state index is 11.7. The number of carbonyl (C=O) groups is 1. The molecule has 22 heavy (non-hydrogen) atoms. The first-order valence-electron chi connectivity index (χ1n) is 7.20. The molecule has 118 valence electrons. The van der Waals surface area contributed by atoms with Crippen LogP contribution in [0.25, 0.3) is 0 Å². The number of thiazole rings is 1. The SMILES string of the molecule is CCOC(=O)c1sc(NCCOCc2ccccc2)nc1C. The summed E-state index contributed by atoms with van der Waals surface area (Å²) in [5.74, 6) is -0.314. The standard InChI is InChI=1S/C16H20N2O3S/c1-3-21-15(19)14-12(2)18-16(22-14)17-9-10-20-11-13-7-5-4-6-8-13/h4-8H,3,9-11H2,1-2H3,(H,17,18). The van der Waals surface area contributed by atoms with Crippen molar-refractivity contribution in [2.45, 2.75) is 20.5 Å². The third kappa shape index (κ3) is 4.82. The summed E-state index contributed by atoms with van der Waals surface area (Å²) in [6.45, 7) is 5.77. The van der Waals surface area contributed by atoms with Crippen LogP contribution in [0.15, 0.2) is 30.3 Å². The van der Waals surface area contributed by atoms with Crippen molar-refractivity contribution in [3.05, 3.63) is 46.5 Å². The normalized spacial score (nSPS) is 10.5. The van der Waals surface area contributed by atoms with Gasteiger partial charge in [-0.25, -0.2) is 9.78 Å². The van der Waals surface area contributed by atoms with E-state index in [1.807, 2.05) is 30.3 Å². The Kier molecular flexibility index (Phi) is 6.36. The van der Waals surface area contributed by atoms with Crippen molar-refractivity contribution in [3.63, 3.8) is 0 Å². The number of ether oxygens (including phenoxy) is 2. The van der Waals surface area contributed by atoms with Crippen LogP contribution in [-0.2, 0) is 16.1 Å². The topological polar surface area (TPSA) is 60.5 Å². The fourth-order valence-electron chi connectivity index (χ4n) is 1.85. The number of hydrogen-bond acceptors (Lipinski definition) is 6. The van der Waals surface area contributed by atoms with Crippen LogP contribution < -0.4 is 5.32 Å². The van der Waals surface area contributed by atoms with E-state index in [-0.39, 0.29) is 5.97 Å². The summed E-state index contributed by atoms with van der Waals surface area (Å²) in [5.41, 5.74) is 1.84. The minimum Gasteiger partial charge on any atom is -0.462 e. The van der Waals surface area contributed by atoms with Crippen molar-refractivity contribution < 1.29 is 14.3 Å². The Balaban J connectivity index is 1.73. The number of anilines is 1. The number of aromatic nitrogens is 1. The van der Waals surface area contributed by atoms with Gasteiger partial charge in [-0.1, -0.05) is 41.7 Å². The van der Waals surface area contributed by atoms with E-state index in [0.717, 1.165) is 5.56 Å². The highest BCUT2D eigenvalue weighted by molar-refractivity contribution is 7.17. The monoisotopic (exact) mass is 320 g/mol. The Morgan fingerprint density at radius 3 is 2.82 bits per heavy atom. The van der Waals surface area contributed by atoms with Gasteiger partial charge in [0, 0.05) is 6.54 Å². The first kappa shape index (κ1) is 16.5. The van der Waals surface area contributed by atoms with E-state index >= 15 is 0 Å². The van der Waals surface area contributed by atoms with Crippen LogP contribution >= 0.6 is 11.3 Å². The smallest absolute Gasteiger partial charge is 0.350 e. The van der Waals surface area contributed by atoms with Crippen molar-refractivity contribution in [1.82, 2.24) is 4.98 Å². The molecule has 6 heteroatoms. The summed E-state index contributed by atoms with van der Waals surface area (Å²) >= 11 is 1.31. The molecule has 0 amide bonds. The Hall–Kier alpha value is -1.92. The molecular formula is C16H20N2O3S. The quantitative estimate of drug-likeness (QED) is 0.597. The maximum absolute atomic E-state index is 11.7. The lowest BCUT2D eigenvalue weighted by Gasteiger charge is -2.05. The predicted octanol–water partition coefficient (Wildman–Crippen LogP) is 3.26. The molecule has 1 N–H and O–H groups in total. The van der Waals surface area contributed by atoms with Gasteiger partial charge in [0.25, 0.3) is 0 Å². The van der Waals surface area contributed by atoms with Gasteiger partial charge in [-0.05, 0) is 19.4 Å². The third-order valence-corrected chi connectivity index (χ3v) is 3.99. The molecule has 0 bridgehead atoms. The summed E-state index contributed by atoms with van der Waals surface area (Å²) in [5, 5.41) is 3.88. The zero-order chi connectivity index (χ0) is 15.8. The van der Waals surface area contributed by atoms with Gasteiger partial charge in [0.1, 0.15) is 4.88 Å². The molecule has 0 atom stereocenters. The molecule has 1 heterocycles. The average molecular weight is 320 g/mol. The van der Waals surface area contributed by atoms with Crippen LogP contribution in [-0.4, -0.2) is 30.7 Å². The molecular weight excluding hydrogens is 300 g/mol. The van der Waals surface area contributed by atoms with Gasteiger partial charge in [0.05, 0.1) is 25.5 Å². The predicted molar refractivity (Wildman–Crippen MR) is 87.4 cm³/mol. The lowest BCUT2D eigenvalue weighted by molar-refractivity contribution is 0.0531. The molecule has 2 rings (SSSR count). The molecule has 0 aliphatic carbocycles. The number of esters is 1. The van der Waals surface area contributed by atoms with E-state index in [2.05, 4.69) is 10.3 Å². The molecule has 0 fully saturated rings. The number of rotatable bonds is 8. The average Bonchev–Trinajstić information content (AvgIpc) is 2.89. The van der Waals surface area contributed by atoms with Gasteiger partial charge in [-0.15, -0.1) is 0 Å². The van der Waals surface area contributed by atoms with Crippen LogP contribution in [0.3, 0.4) is 0 Å². The van der Waals surface area contributed by atoms with Crippen molar-refractivity contribution in [3.8, 4) is 0 Å².